The largest absolute Gasteiger partial charge is 0.329 e. The van der Waals surface area contributed by atoms with Crippen LogP contribution in [0, 0.1) is 0 Å². The molecule has 0 saturated heterocycles. The van der Waals surface area contributed by atoms with Crippen LogP contribution >= 0.6 is 11.3 Å². The van der Waals surface area contributed by atoms with Crippen LogP contribution in [-0.2, 0) is 6.54 Å². The average molecular weight is 388 g/mol. The first-order valence-electron chi connectivity index (χ1n) is 9.38. The van der Waals surface area contributed by atoms with Crippen molar-refractivity contribution in [1.29, 1.82) is 0 Å². The van der Waals surface area contributed by atoms with Crippen LogP contribution in [-0.4, -0.2) is 34.7 Å². The van der Waals surface area contributed by atoms with E-state index in [9.17, 15) is 4.79 Å². The highest BCUT2D eigenvalue weighted by molar-refractivity contribution is 7.21. The van der Waals surface area contributed by atoms with Crippen molar-refractivity contribution in [3.8, 4) is 0 Å². The molecule has 1 saturated carbocycles. The molecule has 2 aromatic heterocycles. The lowest BCUT2D eigenvalue weighted by molar-refractivity contribution is 0.0999. The van der Waals surface area contributed by atoms with Crippen molar-refractivity contribution in [1.82, 2.24) is 9.88 Å². The highest BCUT2D eigenvalue weighted by atomic mass is 32.1. The van der Waals surface area contributed by atoms with Gasteiger partial charge in [0, 0.05) is 23.4 Å². The number of aliphatic imine (C=N–C) groups is 1. The maximum atomic E-state index is 13.1. The molecule has 5 rings (SSSR count). The number of carbonyl (C=O) groups is 1. The smallest absolute Gasteiger partial charge is 0.270 e. The molecule has 0 bridgehead atoms. The monoisotopic (exact) mass is 388 g/mol. The molecule has 1 aromatic carbocycles. The summed E-state index contributed by atoms with van der Waals surface area (Å²) in [6, 6.07) is 14.4. The van der Waals surface area contributed by atoms with Gasteiger partial charge >= 0.3 is 0 Å². The summed E-state index contributed by atoms with van der Waals surface area (Å²) in [4.78, 5) is 27.0. The van der Waals surface area contributed by atoms with Crippen LogP contribution in [0.15, 0.2) is 60.2 Å². The second-order valence-corrected chi connectivity index (χ2v) is 8.10. The van der Waals surface area contributed by atoms with E-state index in [-0.39, 0.29) is 5.91 Å². The Labute approximate surface area is 167 Å². The Bertz CT molecular complexity index is 1130. The van der Waals surface area contributed by atoms with Gasteiger partial charge in [-0.1, -0.05) is 30.8 Å². The number of aromatic nitrogens is 1. The number of carbonyl (C=O) groups excluding carboxylic acids is 1. The molecule has 1 fully saturated rings. The SMILES string of the molecule is C=CN(C(=NC)c1cccc(N2Cc3c(sc4ccccc34)C2=O)n1)C1CC1. The van der Waals surface area contributed by atoms with Crippen molar-refractivity contribution in [2.75, 3.05) is 11.9 Å². The summed E-state index contributed by atoms with van der Waals surface area (Å²) >= 11 is 1.56. The maximum absolute atomic E-state index is 13.1. The molecule has 5 nitrogen and oxygen atoms in total. The predicted molar refractivity (Wildman–Crippen MR) is 114 cm³/mol. The summed E-state index contributed by atoms with van der Waals surface area (Å²) in [6.45, 7) is 4.49. The third kappa shape index (κ3) is 2.64. The van der Waals surface area contributed by atoms with Gasteiger partial charge in [-0.3, -0.25) is 14.7 Å². The molecule has 3 heterocycles. The zero-order chi connectivity index (χ0) is 19.3. The Morgan fingerprint density at radius 3 is 2.86 bits per heavy atom. The van der Waals surface area contributed by atoms with Gasteiger partial charge in [-0.2, -0.15) is 0 Å². The molecule has 1 aliphatic carbocycles. The molecule has 1 aliphatic heterocycles. The van der Waals surface area contributed by atoms with Crippen molar-refractivity contribution in [3.05, 3.63) is 71.4 Å². The molecule has 0 spiro atoms. The summed E-state index contributed by atoms with van der Waals surface area (Å²) < 4.78 is 1.16. The number of fused-ring (bicyclic) bond motifs is 3. The van der Waals surface area contributed by atoms with E-state index in [1.54, 1.807) is 23.3 Å². The standard InChI is InChI=1S/C22H20N4OS/c1-3-25(14-11-12-14)21(23-2)17-8-6-10-19(24-17)26-13-16-15-7-4-5-9-18(15)28-20(16)22(26)27/h3-10,14H,1,11-13H2,2H3. The fourth-order valence-corrected chi connectivity index (χ4v) is 4.95. The van der Waals surface area contributed by atoms with Crippen molar-refractivity contribution in [2.24, 2.45) is 4.99 Å². The molecule has 0 unspecified atom stereocenters. The lowest BCUT2D eigenvalue weighted by Gasteiger charge is -2.22. The van der Waals surface area contributed by atoms with Gasteiger partial charge in [0.1, 0.15) is 11.5 Å². The molecule has 1 amide bonds. The maximum Gasteiger partial charge on any atom is 0.270 e. The van der Waals surface area contributed by atoms with Gasteiger partial charge in [-0.25, -0.2) is 4.98 Å². The van der Waals surface area contributed by atoms with Crippen molar-refractivity contribution in [3.63, 3.8) is 0 Å². The minimum absolute atomic E-state index is 0.0265. The predicted octanol–water partition coefficient (Wildman–Crippen LogP) is 4.44. The first-order chi connectivity index (χ1) is 13.7. The topological polar surface area (TPSA) is 48.8 Å². The number of amidine groups is 1. The third-order valence-corrected chi connectivity index (χ3v) is 6.49. The fourth-order valence-electron chi connectivity index (χ4n) is 3.79. The normalized spacial score (nSPS) is 16.5. The zero-order valence-corrected chi connectivity index (χ0v) is 16.4. The average Bonchev–Trinajstić information content (AvgIpc) is 3.42. The van der Waals surface area contributed by atoms with E-state index < -0.39 is 0 Å². The minimum atomic E-state index is 0.0265. The molecule has 0 N–H and O–H groups in total. The Morgan fingerprint density at radius 1 is 1.29 bits per heavy atom. The number of amides is 1. The van der Waals surface area contributed by atoms with Crippen LogP contribution in [0.25, 0.3) is 10.1 Å². The number of benzene rings is 1. The summed E-state index contributed by atoms with van der Waals surface area (Å²) in [7, 11) is 1.77. The van der Waals surface area contributed by atoms with E-state index >= 15 is 0 Å². The molecule has 0 atom stereocenters. The quantitative estimate of drug-likeness (QED) is 0.490. The summed E-state index contributed by atoms with van der Waals surface area (Å²) in [5, 5.41) is 1.16. The van der Waals surface area contributed by atoms with Crippen molar-refractivity contribution >= 4 is 39.0 Å². The van der Waals surface area contributed by atoms with E-state index in [1.807, 2.05) is 36.5 Å². The van der Waals surface area contributed by atoms with Gasteiger partial charge in [0.25, 0.3) is 5.91 Å². The second-order valence-electron chi connectivity index (χ2n) is 7.05. The molecule has 0 radical (unpaired) electrons. The van der Waals surface area contributed by atoms with Crippen molar-refractivity contribution in [2.45, 2.75) is 25.4 Å². The number of hydrogen-bond acceptors (Lipinski definition) is 4. The number of anilines is 1. The zero-order valence-electron chi connectivity index (χ0n) is 15.6. The Balaban J connectivity index is 1.50. The highest BCUT2D eigenvalue weighted by Crippen LogP contribution is 2.39. The minimum Gasteiger partial charge on any atom is -0.329 e. The van der Waals surface area contributed by atoms with E-state index in [0.29, 0.717) is 18.4 Å². The summed E-state index contributed by atoms with van der Waals surface area (Å²) in [6.07, 6.45) is 4.10. The van der Waals surface area contributed by atoms with Crippen LogP contribution in [0.4, 0.5) is 5.82 Å². The third-order valence-electron chi connectivity index (χ3n) is 5.29. The number of pyridine rings is 1. The first kappa shape index (κ1) is 17.1. The van der Waals surface area contributed by atoms with E-state index in [2.05, 4.69) is 28.6 Å². The number of thiophene rings is 1. The number of hydrogen-bond donors (Lipinski definition) is 0. The molecule has 140 valence electrons. The van der Waals surface area contributed by atoms with E-state index in [0.717, 1.165) is 44.9 Å². The van der Waals surface area contributed by atoms with Crippen LogP contribution in [0.5, 0.6) is 0 Å². The molecule has 28 heavy (non-hydrogen) atoms. The summed E-state index contributed by atoms with van der Waals surface area (Å²) in [5.41, 5.74) is 1.87. The highest BCUT2D eigenvalue weighted by Gasteiger charge is 2.34. The molecule has 2 aliphatic rings. The molecular weight excluding hydrogens is 368 g/mol. The summed E-state index contributed by atoms with van der Waals surface area (Å²) in [5.74, 6) is 1.49. The van der Waals surface area contributed by atoms with E-state index in [4.69, 9.17) is 4.98 Å². The number of rotatable bonds is 4. The van der Waals surface area contributed by atoms with Crippen LogP contribution < -0.4 is 4.90 Å². The lowest BCUT2D eigenvalue weighted by atomic mass is 10.1. The van der Waals surface area contributed by atoms with Gasteiger partial charge in [-0.05, 0) is 42.6 Å². The lowest BCUT2D eigenvalue weighted by Crippen LogP contribution is -2.30. The molecule has 6 heteroatoms. The Hall–Kier alpha value is -2.99. The van der Waals surface area contributed by atoms with Gasteiger partial charge in [0.2, 0.25) is 0 Å². The molecular formula is C22H20N4OS. The Kier molecular flexibility index (Phi) is 4.02. The van der Waals surface area contributed by atoms with Gasteiger partial charge in [0.15, 0.2) is 5.84 Å². The number of nitrogens with zero attached hydrogens (tertiary/aromatic N) is 4. The van der Waals surface area contributed by atoms with E-state index in [1.165, 1.54) is 0 Å². The van der Waals surface area contributed by atoms with Crippen LogP contribution in [0.3, 0.4) is 0 Å². The van der Waals surface area contributed by atoms with Crippen LogP contribution in [0.2, 0.25) is 0 Å². The first-order valence-corrected chi connectivity index (χ1v) is 10.2. The fraction of sp³-hybridized carbons (Fsp3) is 0.227. The second kappa shape index (κ2) is 6.56. The Morgan fingerprint density at radius 2 is 2.11 bits per heavy atom. The van der Waals surface area contributed by atoms with Crippen molar-refractivity contribution < 1.29 is 4.79 Å². The van der Waals surface area contributed by atoms with Gasteiger partial charge in [-0.15, -0.1) is 11.3 Å². The van der Waals surface area contributed by atoms with Gasteiger partial charge < -0.3 is 4.90 Å². The van der Waals surface area contributed by atoms with Gasteiger partial charge in [0.05, 0.1) is 11.4 Å². The molecule has 3 aromatic rings. The van der Waals surface area contributed by atoms with Crippen LogP contribution in [0.1, 0.15) is 33.8 Å².